The summed E-state index contributed by atoms with van der Waals surface area (Å²) in [6.45, 7) is 0. The van der Waals surface area contributed by atoms with E-state index in [0.29, 0.717) is 0 Å². The Morgan fingerprint density at radius 1 is 0.808 bits per heavy atom. The lowest BCUT2D eigenvalue weighted by molar-refractivity contribution is 0.508. The normalized spacial score (nSPS) is 19.1. The Kier molecular flexibility index (Phi) is 3.70. The lowest BCUT2D eigenvalue weighted by atomic mass is 9.93. The molecule has 4 aromatic rings. The summed E-state index contributed by atoms with van der Waals surface area (Å²) in [5, 5.41) is 9.36. The number of halogens is 1. The Balaban J connectivity index is 1.63. The third-order valence-electron chi connectivity index (χ3n) is 5.02. The standard InChI is InChI=1S/C22H18ClN3/c23-15-10-11-20-17(12-15)21(14-6-2-1-3-7-14)26-22(25-20)18-13-24-19-9-5-4-8-16(18)19/h1-13,21-22,24-26H/t21-,22-/m1/s1. The number of aromatic nitrogens is 1. The maximum Gasteiger partial charge on any atom is 0.106 e. The summed E-state index contributed by atoms with van der Waals surface area (Å²) in [6.07, 6.45) is 2.09. The van der Waals surface area contributed by atoms with Crippen molar-refractivity contribution in [2.24, 2.45) is 0 Å². The van der Waals surface area contributed by atoms with Crippen molar-refractivity contribution in [2.75, 3.05) is 5.32 Å². The van der Waals surface area contributed by atoms with E-state index < -0.39 is 0 Å². The molecule has 0 fully saturated rings. The molecule has 0 saturated heterocycles. The van der Waals surface area contributed by atoms with Gasteiger partial charge in [0.25, 0.3) is 0 Å². The highest BCUT2D eigenvalue weighted by Crippen LogP contribution is 2.39. The molecule has 3 N–H and O–H groups in total. The van der Waals surface area contributed by atoms with Crippen LogP contribution in [0.2, 0.25) is 5.02 Å². The number of para-hydroxylation sites is 1. The average molecular weight is 360 g/mol. The third-order valence-corrected chi connectivity index (χ3v) is 5.26. The van der Waals surface area contributed by atoms with E-state index in [-0.39, 0.29) is 12.2 Å². The lowest BCUT2D eigenvalue weighted by Crippen LogP contribution is -2.37. The zero-order chi connectivity index (χ0) is 17.5. The number of H-pyrrole nitrogens is 1. The van der Waals surface area contributed by atoms with Crippen molar-refractivity contribution in [3.05, 3.63) is 101 Å². The van der Waals surface area contributed by atoms with E-state index in [1.165, 1.54) is 22.1 Å². The van der Waals surface area contributed by atoms with E-state index in [4.69, 9.17) is 11.6 Å². The van der Waals surface area contributed by atoms with Crippen molar-refractivity contribution in [1.29, 1.82) is 0 Å². The summed E-state index contributed by atoms with van der Waals surface area (Å²) in [7, 11) is 0. The van der Waals surface area contributed by atoms with E-state index in [0.717, 1.165) is 16.2 Å². The second-order valence-corrected chi connectivity index (χ2v) is 7.05. The molecule has 2 atom stereocenters. The van der Waals surface area contributed by atoms with Crippen LogP contribution in [0.1, 0.15) is 28.9 Å². The molecule has 1 aliphatic rings. The van der Waals surface area contributed by atoms with Gasteiger partial charge >= 0.3 is 0 Å². The van der Waals surface area contributed by atoms with Gasteiger partial charge in [-0.1, -0.05) is 60.1 Å². The number of hydrogen-bond acceptors (Lipinski definition) is 2. The Morgan fingerprint density at radius 3 is 2.50 bits per heavy atom. The minimum Gasteiger partial charge on any atom is -0.366 e. The van der Waals surface area contributed by atoms with E-state index in [9.17, 15) is 0 Å². The molecule has 0 aliphatic carbocycles. The second kappa shape index (κ2) is 6.20. The summed E-state index contributed by atoms with van der Waals surface area (Å²) in [4.78, 5) is 3.37. The molecule has 3 nitrogen and oxygen atoms in total. The van der Waals surface area contributed by atoms with Crippen LogP contribution in [0.4, 0.5) is 5.69 Å². The van der Waals surface area contributed by atoms with Gasteiger partial charge in [-0.25, -0.2) is 0 Å². The fourth-order valence-electron chi connectivity index (χ4n) is 3.78. The van der Waals surface area contributed by atoms with Crippen LogP contribution < -0.4 is 10.6 Å². The minimum atomic E-state index is 0.00466. The van der Waals surface area contributed by atoms with E-state index in [1.807, 2.05) is 18.2 Å². The van der Waals surface area contributed by atoms with Gasteiger partial charge in [-0.3, -0.25) is 5.32 Å². The lowest BCUT2D eigenvalue weighted by Gasteiger charge is -2.35. The van der Waals surface area contributed by atoms with Crippen molar-refractivity contribution in [1.82, 2.24) is 10.3 Å². The maximum atomic E-state index is 6.28. The summed E-state index contributed by atoms with van der Waals surface area (Å²) < 4.78 is 0. The molecular weight excluding hydrogens is 342 g/mol. The molecule has 128 valence electrons. The van der Waals surface area contributed by atoms with Crippen LogP contribution in [0, 0.1) is 0 Å². The SMILES string of the molecule is Clc1ccc2c(c1)[C@@H](c1ccccc1)N[C@H](c1c[nH]c3ccccc13)N2. The van der Waals surface area contributed by atoms with Gasteiger partial charge in [-0.05, 0) is 35.4 Å². The molecule has 3 aromatic carbocycles. The van der Waals surface area contributed by atoms with Crippen molar-refractivity contribution in [2.45, 2.75) is 12.2 Å². The van der Waals surface area contributed by atoms with Crippen LogP contribution in [-0.2, 0) is 0 Å². The number of nitrogens with one attached hydrogen (secondary N) is 3. The fraction of sp³-hybridized carbons (Fsp3) is 0.0909. The van der Waals surface area contributed by atoms with Crippen LogP contribution in [-0.4, -0.2) is 4.98 Å². The summed E-state index contributed by atoms with van der Waals surface area (Å²) >= 11 is 6.28. The average Bonchev–Trinajstić information content (AvgIpc) is 3.12. The van der Waals surface area contributed by atoms with Crippen molar-refractivity contribution < 1.29 is 0 Å². The number of fused-ring (bicyclic) bond motifs is 2. The van der Waals surface area contributed by atoms with Crippen LogP contribution in [0.5, 0.6) is 0 Å². The first-order chi connectivity index (χ1) is 12.8. The Morgan fingerprint density at radius 2 is 1.62 bits per heavy atom. The minimum absolute atomic E-state index is 0.00466. The van der Waals surface area contributed by atoms with Crippen LogP contribution in [0.3, 0.4) is 0 Å². The van der Waals surface area contributed by atoms with Gasteiger partial charge in [-0.15, -0.1) is 0 Å². The smallest absolute Gasteiger partial charge is 0.106 e. The first-order valence-corrected chi connectivity index (χ1v) is 9.10. The molecule has 2 heterocycles. The zero-order valence-corrected chi connectivity index (χ0v) is 14.8. The van der Waals surface area contributed by atoms with Gasteiger partial charge in [0.05, 0.1) is 6.04 Å². The monoisotopic (exact) mass is 359 g/mol. The Bertz CT molecular complexity index is 1070. The second-order valence-electron chi connectivity index (χ2n) is 6.61. The molecule has 0 amide bonds. The van der Waals surface area contributed by atoms with Gasteiger partial charge in [0.1, 0.15) is 6.17 Å². The van der Waals surface area contributed by atoms with Crippen molar-refractivity contribution >= 4 is 28.2 Å². The molecule has 0 bridgehead atoms. The molecule has 0 spiro atoms. The molecule has 26 heavy (non-hydrogen) atoms. The largest absolute Gasteiger partial charge is 0.366 e. The Hall–Kier alpha value is -2.75. The first-order valence-electron chi connectivity index (χ1n) is 8.72. The van der Waals surface area contributed by atoms with Gasteiger partial charge < -0.3 is 10.3 Å². The fourth-order valence-corrected chi connectivity index (χ4v) is 3.96. The first kappa shape index (κ1) is 15.5. The molecule has 1 aliphatic heterocycles. The molecular formula is C22H18ClN3. The number of hydrogen-bond donors (Lipinski definition) is 3. The third kappa shape index (κ3) is 2.57. The maximum absolute atomic E-state index is 6.28. The van der Waals surface area contributed by atoms with Gasteiger partial charge in [-0.2, -0.15) is 0 Å². The number of benzene rings is 3. The van der Waals surface area contributed by atoms with E-state index in [2.05, 4.69) is 76.4 Å². The van der Waals surface area contributed by atoms with Crippen molar-refractivity contribution in [3.8, 4) is 0 Å². The molecule has 0 saturated carbocycles. The Labute approximate surface area is 157 Å². The van der Waals surface area contributed by atoms with Crippen LogP contribution in [0.25, 0.3) is 10.9 Å². The highest BCUT2D eigenvalue weighted by Gasteiger charge is 2.29. The predicted molar refractivity (Wildman–Crippen MR) is 108 cm³/mol. The van der Waals surface area contributed by atoms with Crippen molar-refractivity contribution in [3.63, 3.8) is 0 Å². The molecule has 0 radical (unpaired) electrons. The van der Waals surface area contributed by atoms with E-state index >= 15 is 0 Å². The molecule has 5 rings (SSSR count). The predicted octanol–water partition coefficient (Wildman–Crippen LogP) is 5.62. The van der Waals surface area contributed by atoms with E-state index in [1.54, 1.807) is 0 Å². The number of rotatable bonds is 2. The highest BCUT2D eigenvalue weighted by molar-refractivity contribution is 6.30. The van der Waals surface area contributed by atoms with Gasteiger partial charge in [0, 0.05) is 33.4 Å². The molecule has 1 aromatic heterocycles. The number of aromatic amines is 1. The summed E-state index contributed by atoms with van der Waals surface area (Å²) in [6, 6.07) is 25.0. The van der Waals surface area contributed by atoms with Crippen LogP contribution >= 0.6 is 11.6 Å². The quantitative estimate of drug-likeness (QED) is 0.434. The number of anilines is 1. The molecule has 0 unspecified atom stereocenters. The van der Waals surface area contributed by atoms with Crippen LogP contribution in [0.15, 0.2) is 79.0 Å². The molecule has 4 heteroatoms. The van der Waals surface area contributed by atoms with Gasteiger partial charge in [0.2, 0.25) is 0 Å². The summed E-state index contributed by atoms with van der Waals surface area (Å²) in [5.74, 6) is 0. The van der Waals surface area contributed by atoms with Gasteiger partial charge in [0.15, 0.2) is 0 Å². The summed E-state index contributed by atoms with van der Waals surface area (Å²) in [5.41, 5.74) is 5.85. The topological polar surface area (TPSA) is 39.9 Å². The zero-order valence-electron chi connectivity index (χ0n) is 14.0. The highest BCUT2D eigenvalue weighted by atomic mass is 35.5.